The van der Waals surface area contributed by atoms with Gasteiger partial charge in [0.1, 0.15) is 5.82 Å². The van der Waals surface area contributed by atoms with Crippen molar-refractivity contribution in [3.63, 3.8) is 0 Å². The Balaban J connectivity index is 1.57. The third kappa shape index (κ3) is 3.18. The standard InChI is InChI=1S/C16H22FN3O/c17-14-5-1-2-6-15(14)19-8-10-20(11-9-19)16(21)13-4-3-7-18-12-13/h1-2,5-6,13,18H,3-4,7-12H2/t13-/m0/s1. The molecule has 0 unspecified atom stereocenters. The van der Waals surface area contributed by atoms with E-state index in [2.05, 4.69) is 5.32 Å². The molecule has 4 nitrogen and oxygen atoms in total. The predicted molar refractivity (Wildman–Crippen MR) is 80.8 cm³/mol. The molecule has 2 fully saturated rings. The fourth-order valence-electron chi connectivity index (χ4n) is 3.20. The van der Waals surface area contributed by atoms with E-state index in [9.17, 15) is 9.18 Å². The van der Waals surface area contributed by atoms with Crippen molar-refractivity contribution in [3.8, 4) is 0 Å². The van der Waals surface area contributed by atoms with E-state index in [1.54, 1.807) is 12.1 Å². The molecular weight excluding hydrogens is 269 g/mol. The number of rotatable bonds is 2. The number of carbonyl (C=O) groups excluding carboxylic acids is 1. The lowest BCUT2D eigenvalue weighted by molar-refractivity contribution is -0.136. The van der Waals surface area contributed by atoms with E-state index < -0.39 is 0 Å². The molecule has 1 N–H and O–H groups in total. The third-order valence-corrected chi connectivity index (χ3v) is 4.43. The zero-order chi connectivity index (χ0) is 14.7. The molecule has 2 aliphatic rings. The summed E-state index contributed by atoms with van der Waals surface area (Å²) in [7, 11) is 0. The minimum Gasteiger partial charge on any atom is -0.366 e. The molecule has 0 aromatic heterocycles. The van der Waals surface area contributed by atoms with E-state index in [1.807, 2.05) is 15.9 Å². The van der Waals surface area contributed by atoms with Crippen LogP contribution in [-0.4, -0.2) is 50.1 Å². The van der Waals surface area contributed by atoms with E-state index in [-0.39, 0.29) is 17.6 Å². The summed E-state index contributed by atoms with van der Waals surface area (Å²) in [5.74, 6) is 0.197. The van der Waals surface area contributed by atoms with Gasteiger partial charge in [-0.1, -0.05) is 12.1 Å². The number of para-hydroxylation sites is 1. The van der Waals surface area contributed by atoms with Crippen LogP contribution in [0.15, 0.2) is 24.3 Å². The Labute approximate surface area is 124 Å². The maximum atomic E-state index is 13.8. The van der Waals surface area contributed by atoms with Crippen LogP contribution >= 0.6 is 0 Å². The molecule has 0 radical (unpaired) electrons. The van der Waals surface area contributed by atoms with Crippen LogP contribution in [0, 0.1) is 11.7 Å². The van der Waals surface area contributed by atoms with Crippen molar-refractivity contribution in [2.45, 2.75) is 12.8 Å². The van der Waals surface area contributed by atoms with E-state index in [0.717, 1.165) is 25.9 Å². The summed E-state index contributed by atoms with van der Waals surface area (Å²) in [6.07, 6.45) is 2.06. The third-order valence-electron chi connectivity index (χ3n) is 4.43. The van der Waals surface area contributed by atoms with Gasteiger partial charge in [-0.15, -0.1) is 0 Å². The number of hydrogen-bond acceptors (Lipinski definition) is 3. The fourth-order valence-corrected chi connectivity index (χ4v) is 3.20. The van der Waals surface area contributed by atoms with E-state index in [4.69, 9.17) is 0 Å². The van der Waals surface area contributed by atoms with Crippen LogP contribution in [-0.2, 0) is 4.79 Å². The number of carbonyl (C=O) groups is 1. The van der Waals surface area contributed by atoms with Gasteiger partial charge in [-0.05, 0) is 31.5 Å². The summed E-state index contributed by atoms with van der Waals surface area (Å²) < 4.78 is 13.8. The summed E-state index contributed by atoms with van der Waals surface area (Å²) in [4.78, 5) is 16.4. The zero-order valence-electron chi connectivity index (χ0n) is 12.2. The minimum absolute atomic E-state index is 0.124. The van der Waals surface area contributed by atoms with Gasteiger partial charge in [0.25, 0.3) is 0 Å². The first-order chi connectivity index (χ1) is 10.3. The number of hydrogen-bond donors (Lipinski definition) is 1. The molecule has 0 spiro atoms. The molecule has 2 heterocycles. The fraction of sp³-hybridized carbons (Fsp3) is 0.562. The highest BCUT2D eigenvalue weighted by molar-refractivity contribution is 5.79. The zero-order valence-corrected chi connectivity index (χ0v) is 12.2. The predicted octanol–water partition coefficient (Wildman–Crippen LogP) is 1.47. The van der Waals surface area contributed by atoms with E-state index >= 15 is 0 Å². The van der Waals surface area contributed by atoms with Crippen LogP contribution in [0.2, 0.25) is 0 Å². The molecule has 21 heavy (non-hydrogen) atoms. The highest BCUT2D eigenvalue weighted by atomic mass is 19.1. The van der Waals surface area contributed by atoms with Gasteiger partial charge < -0.3 is 15.1 Å². The topological polar surface area (TPSA) is 35.6 Å². The number of halogens is 1. The van der Waals surface area contributed by atoms with Gasteiger partial charge in [-0.25, -0.2) is 4.39 Å². The lowest BCUT2D eigenvalue weighted by Crippen LogP contribution is -2.52. The summed E-state index contributed by atoms with van der Waals surface area (Å²) in [5.41, 5.74) is 0.643. The Morgan fingerprint density at radius 1 is 1.19 bits per heavy atom. The van der Waals surface area contributed by atoms with Gasteiger partial charge in [-0.3, -0.25) is 4.79 Å². The lowest BCUT2D eigenvalue weighted by Gasteiger charge is -2.38. The van der Waals surface area contributed by atoms with Crippen molar-refractivity contribution < 1.29 is 9.18 Å². The van der Waals surface area contributed by atoms with Crippen molar-refractivity contribution in [2.24, 2.45) is 5.92 Å². The second-order valence-corrected chi connectivity index (χ2v) is 5.81. The number of nitrogens with one attached hydrogen (secondary N) is 1. The van der Waals surface area contributed by atoms with Crippen LogP contribution in [0.25, 0.3) is 0 Å². The molecule has 1 aromatic rings. The number of anilines is 1. The van der Waals surface area contributed by atoms with Crippen molar-refractivity contribution >= 4 is 11.6 Å². The van der Waals surface area contributed by atoms with Crippen LogP contribution in [0.3, 0.4) is 0 Å². The van der Waals surface area contributed by atoms with Crippen molar-refractivity contribution in [3.05, 3.63) is 30.1 Å². The first-order valence-electron chi connectivity index (χ1n) is 7.74. The second-order valence-electron chi connectivity index (χ2n) is 5.81. The molecule has 0 bridgehead atoms. The molecule has 0 aliphatic carbocycles. The highest BCUT2D eigenvalue weighted by Gasteiger charge is 2.28. The highest BCUT2D eigenvalue weighted by Crippen LogP contribution is 2.21. The Kier molecular flexibility index (Phi) is 4.39. The summed E-state index contributed by atoms with van der Waals surface area (Å²) in [5, 5.41) is 3.29. The molecule has 1 amide bonds. The van der Waals surface area contributed by atoms with E-state index in [0.29, 0.717) is 31.9 Å². The van der Waals surface area contributed by atoms with Gasteiger partial charge in [0, 0.05) is 32.7 Å². The van der Waals surface area contributed by atoms with Crippen LogP contribution < -0.4 is 10.2 Å². The summed E-state index contributed by atoms with van der Waals surface area (Å²) >= 11 is 0. The molecule has 5 heteroatoms. The number of amides is 1. The Morgan fingerprint density at radius 2 is 1.95 bits per heavy atom. The SMILES string of the molecule is O=C([C@H]1CCCNC1)N1CCN(c2ccccc2F)CC1. The van der Waals surface area contributed by atoms with Gasteiger partial charge in [-0.2, -0.15) is 0 Å². The molecule has 2 aliphatic heterocycles. The Hall–Kier alpha value is -1.62. The van der Waals surface area contributed by atoms with Crippen LogP contribution in [0.1, 0.15) is 12.8 Å². The molecular formula is C16H22FN3O. The van der Waals surface area contributed by atoms with Gasteiger partial charge in [0.05, 0.1) is 11.6 Å². The first kappa shape index (κ1) is 14.3. The van der Waals surface area contributed by atoms with Crippen molar-refractivity contribution in [1.82, 2.24) is 10.2 Å². The lowest BCUT2D eigenvalue weighted by atomic mass is 9.98. The first-order valence-corrected chi connectivity index (χ1v) is 7.74. The monoisotopic (exact) mass is 291 g/mol. The number of piperidine rings is 1. The van der Waals surface area contributed by atoms with Crippen LogP contribution in [0.4, 0.5) is 10.1 Å². The number of benzene rings is 1. The smallest absolute Gasteiger partial charge is 0.227 e. The number of piperazine rings is 1. The van der Waals surface area contributed by atoms with Gasteiger partial charge in [0.2, 0.25) is 5.91 Å². The largest absolute Gasteiger partial charge is 0.366 e. The van der Waals surface area contributed by atoms with Gasteiger partial charge in [0.15, 0.2) is 0 Å². The van der Waals surface area contributed by atoms with Crippen molar-refractivity contribution in [2.75, 3.05) is 44.2 Å². The average molecular weight is 291 g/mol. The maximum absolute atomic E-state index is 13.8. The molecule has 114 valence electrons. The van der Waals surface area contributed by atoms with Gasteiger partial charge >= 0.3 is 0 Å². The minimum atomic E-state index is -0.186. The average Bonchev–Trinajstić information content (AvgIpc) is 2.56. The Morgan fingerprint density at radius 3 is 2.62 bits per heavy atom. The summed E-state index contributed by atoms with van der Waals surface area (Å²) in [6.45, 7) is 4.59. The van der Waals surface area contributed by atoms with Crippen molar-refractivity contribution in [1.29, 1.82) is 0 Å². The molecule has 1 aromatic carbocycles. The molecule has 0 saturated carbocycles. The molecule has 1 atom stereocenters. The summed E-state index contributed by atoms with van der Waals surface area (Å²) in [6, 6.07) is 6.84. The molecule has 2 saturated heterocycles. The quantitative estimate of drug-likeness (QED) is 0.896. The van der Waals surface area contributed by atoms with E-state index in [1.165, 1.54) is 6.07 Å². The maximum Gasteiger partial charge on any atom is 0.227 e. The normalized spacial score (nSPS) is 23.2. The number of nitrogens with zero attached hydrogens (tertiary/aromatic N) is 2. The van der Waals surface area contributed by atoms with Crippen LogP contribution in [0.5, 0.6) is 0 Å². The second kappa shape index (κ2) is 6.43. The Bertz CT molecular complexity index is 494. The molecule has 3 rings (SSSR count).